The van der Waals surface area contributed by atoms with Crippen LogP contribution in [-0.4, -0.2) is 46.2 Å². The lowest BCUT2D eigenvalue weighted by Crippen LogP contribution is -2.33. The predicted octanol–water partition coefficient (Wildman–Crippen LogP) is 4.10. The highest BCUT2D eigenvalue weighted by Crippen LogP contribution is 2.29. The summed E-state index contributed by atoms with van der Waals surface area (Å²) in [5.74, 6) is -2.03. The molecule has 0 aliphatic carbocycles. The summed E-state index contributed by atoms with van der Waals surface area (Å²) in [7, 11) is 0. The second-order valence-corrected chi connectivity index (χ2v) is 8.71. The molecule has 0 radical (unpaired) electrons. The van der Waals surface area contributed by atoms with Gasteiger partial charge in [-0.2, -0.15) is 5.11 Å². The number of hydrogen-bond donors (Lipinski definition) is 2. The minimum absolute atomic E-state index is 0.0136. The van der Waals surface area contributed by atoms with Crippen LogP contribution in [0.4, 0.5) is 16.2 Å². The molecule has 0 unspecified atom stereocenters. The molecule has 0 saturated carbocycles. The summed E-state index contributed by atoms with van der Waals surface area (Å²) in [6, 6.07) is 10.7. The second kappa shape index (κ2) is 10.8. The van der Waals surface area contributed by atoms with Crippen molar-refractivity contribution in [1.29, 1.82) is 0 Å². The summed E-state index contributed by atoms with van der Waals surface area (Å²) in [5, 5.41) is 21.3. The number of ether oxygens (including phenoxy) is 1. The first-order valence-corrected chi connectivity index (χ1v) is 10.9. The third-order valence-electron chi connectivity index (χ3n) is 4.68. The van der Waals surface area contributed by atoms with Crippen LogP contribution in [0.15, 0.2) is 52.7 Å². The van der Waals surface area contributed by atoms with Crippen molar-refractivity contribution in [3.8, 4) is 5.75 Å². The molecule has 1 aliphatic rings. The number of hydroxylamine groups is 2. The molecule has 1 aliphatic heterocycles. The Morgan fingerprint density at radius 2 is 1.69 bits per heavy atom. The van der Waals surface area contributed by atoms with Crippen LogP contribution in [0.1, 0.15) is 49.5 Å². The Kier molecular flexibility index (Phi) is 7.80. The normalized spacial score (nSPS) is 13.9. The molecule has 35 heavy (non-hydrogen) atoms. The summed E-state index contributed by atoms with van der Waals surface area (Å²) in [6.07, 6.45) is 0.00233. The summed E-state index contributed by atoms with van der Waals surface area (Å²) in [4.78, 5) is 51.9. The molecule has 11 heteroatoms. The van der Waals surface area contributed by atoms with Gasteiger partial charge < -0.3 is 20.0 Å². The van der Waals surface area contributed by atoms with Crippen molar-refractivity contribution in [2.24, 2.45) is 10.2 Å². The Balaban J connectivity index is 1.58. The minimum atomic E-state index is -0.845. The van der Waals surface area contributed by atoms with Crippen LogP contribution in [0.2, 0.25) is 0 Å². The SMILES string of the molecule is CC(C)(C)OC(=O)NCCc1ccc(O)c(N=Nc2ccc(C(=O)ON3C(=O)CCC3=O)cc2)c1. The molecule has 2 N–H and O–H groups in total. The van der Waals surface area contributed by atoms with E-state index in [1.54, 1.807) is 32.9 Å². The lowest BCUT2D eigenvalue weighted by molar-refractivity contribution is -0.172. The molecule has 3 rings (SSSR count). The Morgan fingerprint density at radius 1 is 1.03 bits per heavy atom. The van der Waals surface area contributed by atoms with Crippen LogP contribution >= 0.6 is 0 Å². The zero-order chi connectivity index (χ0) is 25.6. The molecular weight excluding hydrogens is 456 g/mol. The number of amides is 3. The van der Waals surface area contributed by atoms with E-state index in [0.717, 1.165) is 5.56 Å². The second-order valence-electron chi connectivity index (χ2n) is 8.71. The van der Waals surface area contributed by atoms with Gasteiger partial charge in [0, 0.05) is 19.4 Å². The van der Waals surface area contributed by atoms with Crippen molar-refractivity contribution < 1.29 is 33.9 Å². The lowest BCUT2D eigenvalue weighted by atomic mass is 10.1. The zero-order valence-electron chi connectivity index (χ0n) is 19.6. The maximum absolute atomic E-state index is 12.2. The number of phenols is 1. The number of imide groups is 1. The van der Waals surface area contributed by atoms with Gasteiger partial charge in [0.05, 0.1) is 11.3 Å². The molecular formula is C24H26N4O7. The average Bonchev–Trinajstić information content (AvgIpc) is 3.10. The van der Waals surface area contributed by atoms with E-state index in [4.69, 9.17) is 9.57 Å². The maximum Gasteiger partial charge on any atom is 0.407 e. The zero-order valence-corrected chi connectivity index (χ0v) is 19.6. The molecule has 1 fully saturated rings. The minimum Gasteiger partial charge on any atom is -0.506 e. The van der Waals surface area contributed by atoms with E-state index in [2.05, 4.69) is 15.5 Å². The molecule has 184 valence electrons. The van der Waals surface area contributed by atoms with E-state index >= 15 is 0 Å². The average molecular weight is 482 g/mol. The molecule has 1 heterocycles. The lowest BCUT2D eigenvalue weighted by Gasteiger charge is -2.19. The smallest absolute Gasteiger partial charge is 0.407 e. The molecule has 0 aromatic heterocycles. The van der Waals surface area contributed by atoms with Gasteiger partial charge in [0.25, 0.3) is 11.8 Å². The van der Waals surface area contributed by atoms with Crippen LogP contribution in [0.3, 0.4) is 0 Å². The van der Waals surface area contributed by atoms with Crippen LogP contribution in [0.5, 0.6) is 5.75 Å². The first-order chi connectivity index (χ1) is 16.5. The van der Waals surface area contributed by atoms with E-state index in [0.29, 0.717) is 23.7 Å². The molecule has 2 aromatic carbocycles. The van der Waals surface area contributed by atoms with Gasteiger partial charge in [-0.15, -0.1) is 10.2 Å². The standard InChI is InChI=1S/C24H26N4O7/c1-24(2,3)34-23(33)25-13-12-15-4-9-19(29)18(14-15)27-26-17-7-5-16(6-8-17)22(32)35-28-20(30)10-11-21(28)31/h4-9,14,29H,10-13H2,1-3H3,(H,25,33). The van der Waals surface area contributed by atoms with Crippen LogP contribution in [-0.2, 0) is 25.6 Å². The topological polar surface area (TPSA) is 147 Å². The number of hydrogen-bond acceptors (Lipinski definition) is 9. The van der Waals surface area contributed by atoms with Gasteiger partial charge >= 0.3 is 12.1 Å². The Hall–Kier alpha value is -4.28. The fourth-order valence-electron chi connectivity index (χ4n) is 3.00. The van der Waals surface area contributed by atoms with E-state index in [1.807, 2.05) is 0 Å². The van der Waals surface area contributed by atoms with Gasteiger partial charge in [-0.3, -0.25) is 9.59 Å². The van der Waals surface area contributed by atoms with Crippen molar-refractivity contribution in [2.75, 3.05) is 6.54 Å². The molecule has 0 spiro atoms. The highest BCUT2D eigenvalue weighted by molar-refractivity contribution is 6.02. The Morgan fingerprint density at radius 3 is 2.31 bits per heavy atom. The number of azo groups is 1. The Labute approximate surface area is 201 Å². The van der Waals surface area contributed by atoms with Crippen molar-refractivity contribution in [2.45, 2.75) is 45.6 Å². The third kappa shape index (κ3) is 7.36. The number of aromatic hydroxyl groups is 1. The highest BCUT2D eigenvalue weighted by atomic mass is 16.7. The van der Waals surface area contributed by atoms with E-state index in [-0.39, 0.29) is 29.8 Å². The van der Waals surface area contributed by atoms with Gasteiger partial charge in [-0.1, -0.05) is 6.07 Å². The fourth-order valence-corrected chi connectivity index (χ4v) is 3.00. The molecule has 3 amide bonds. The molecule has 0 atom stereocenters. The quantitative estimate of drug-likeness (QED) is 0.446. The molecule has 0 bridgehead atoms. The van der Waals surface area contributed by atoms with Crippen LogP contribution in [0, 0.1) is 0 Å². The summed E-state index contributed by atoms with van der Waals surface area (Å²) < 4.78 is 5.19. The molecule has 1 saturated heterocycles. The maximum atomic E-state index is 12.2. The van der Waals surface area contributed by atoms with Gasteiger partial charge in [0.15, 0.2) is 0 Å². The highest BCUT2D eigenvalue weighted by Gasteiger charge is 2.33. The summed E-state index contributed by atoms with van der Waals surface area (Å²) in [6.45, 7) is 5.67. The van der Waals surface area contributed by atoms with E-state index in [9.17, 15) is 24.3 Å². The molecule has 11 nitrogen and oxygen atoms in total. The van der Waals surface area contributed by atoms with Gasteiger partial charge in [0.2, 0.25) is 0 Å². The van der Waals surface area contributed by atoms with Crippen LogP contribution < -0.4 is 5.32 Å². The van der Waals surface area contributed by atoms with E-state index in [1.165, 1.54) is 30.3 Å². The fraction of sp³-hybridized carbons (Fsp3) is 0.333. The number of nitrogens with one attached hydrogen (secondary N) is 1. The predicted molar refractivity (Wildman–Crippen MR) is 123 cm³/mol. The number of carbonyl (C=O) groups is 4. The van der Waals surface area contributed by atoms with Crippen molar-refractivity contribution in [3.63, 3.8) is 0 Å². The number of nitrogens with zero attached hydrogens (tertiary/aromatic N) is 3. The number of alkyl carbamates (subject to hydrolysis) is 1. The first kappa shape index (κ1) is 25.3. The molecule has 2 aromatic rings. The third-order valence-corrected chi connectivity index (χ3v) is 4.68. The monoisotopic (exact) mass is 482 g/mol. The number of benzene rings is 2. The van der Waals surface area contributed by atoms with Crippen molar-refractivity contribution >= 4 is 35.3 Å². The largest absolute Gasteiger partial charge is 0.506 e. The first-order valence-electron chi connectivity index (χ1n) is 10.9. The van der Waals surface area contributed by atoms with Crippen LogP contribution in [0.25, 0.3) is 0 Å². The van der Waals surface area contributed by atoms with Crippen molar-refractivity contribution in [1.82, 2.24) is 10.4 Å². The van der Waals surface area contributed by atoms with E-state index < -0.39 is 29.5 Å². The summed E-state index contributed by atoms with van der Waals surface area (Å²) in [5.41, 5.74) is 0.983. The Bertz CT molecular complexity index is 1140. The summed E-state index contributed by atoms with van der Waals surface area (Å²) >= 11 is 0. The van der Waals surface area contributed by atoms with Crippen molar-refractivity contribution in [3.05, 3.63) is 53.6 Å². The number of phenolic OH excluding ortho intramolecular Hbond substituents is 1. The number of rotatable bonds is 7. The van der Waals surface area contributed by atoms with Gasteiger partial charge in [0.1, 0.15) is 17.0 Å². The van der Waals surface area contributed by atoms with Gasteiger partial charge in [-0.25, -0.2) is 9.59 Å². The van der Waals surface area contributed by atoms with Gasteiger partial charge in [-0.05, 0) is 69.2 Å². The number of carbonyl (C=O) groups excluding carboxylic acids is 4.